The van der Waals surface area contributed by atoms with E-state index < -0.39 is 0 Å². The van der Waals surface area contributed by atoms with Gasteiger partial charge in [-0.2, -0.15) is 0 Å². The summed E-state index contributed by atoms with van der Waals surface area (Å²) in [7, 11) is 2.97. The number of oxime groups is 1. The fourth-order valence-electron chi connectivity index (χ4n) is 2.89. The minimum absolute atomic E-state index is 0.209. The van der Waals surface area contributed by atoms with Gasteiger partial charge in [-0.3, -0.25) is 4.79 Å². The number of carbonyl (C=O) groups excluding carboxylic acids is 1. The average molecular weight is 400 g/mol. The highest BCUT2D eigenvalue weighted by atomic mass is 16.6. The lowest BCUT2D eigenvalue weighted by Crippen LogP contribution is -2.29. The highest BCUT2D eigenvalue weighted by Crippen LogP contribution is 2.18. The lowest BCUT2D eigenvalue weighted by Gasteiger charge is -2.12. The van der Waals surface area contributed by atoms with E-state index in [1.54, 1.807) is 7.05 Å². The van der Waals surface area contributed by atoms with Crippen molar-refractivity contribution >= 4 is 23.8 Å². The number of nitrogens with one attached hydrogen (secondary N) is 1. The molecule has 0 atom stereocenters. The second-order valence-corrected chi connectivity index (χ2v) is 6.46. The molecule has 0 bridgehead atoms. The molecule has 0 fully saturated rings. The Kier molecular flexibility index (Phi) is 7.39. The van der Waals surface area contributed by atoms with E-state index in [1.807, 2.05) is 66.7 Å². The first-order valence-electron chi connectivity index (χ1n) is 9.58. The van der Waals surface area contributed by atoms with Crippen molar-refractivity contribution in [1.82, 2.24) is 5.32 Å². The molecule has 1 amide bonds. The molecule has 1 N–H and O–H groups in total. The summed E-state index contributed by atoms with van der Waals surface area (Å²) in [6, 6.07) is 25.5. The molecule has 0 heterocycles. The number of carbonyl (C=O) groups is 1. The minimum Gasteiger partial charge on any atom is -0.489 e. The molecule has 0 radical (unpaired) electrons. The van der Waals surface area contributed by atoms with Gasteiger partial charge in [-0.25, -0.2) is 0 Å². The molecular formula is C25H24N2O3. The van der Waals surface area contributed by atoms with Crippen LogP contribution in [0.2, 0.25) is 0 Å². The van der Waals surface area contributed by atoms with Gasteiger partial charge in [0.15, 0.2) is 5.71 Å². The molecule has 0 aliphatic carbocycles. The molecule has 0 aliphatic rings. The van der Waals surface area contributed by atoms with Crippen LogP contribution in [0, 0.1) is 0 Å². The van der Waals surface area contributed by atoms with E-state index in [9.17, 15) is 4.79 Å². The van der Waals surface area contributed by atoms with Crippen molar-refractivity contribution in [3.63, 3.8) is 0 Å². The van der Waals surface area contributed by atoms with Crippen molar-refractivity contribution < 1.29 is 14.4 Å². The molecule has 0 spiro atoms. The highest BCUT2D eigenvalue weighted by Gasteiger charge is 2.17. The largest absolute Gasteiger partial charge is 0.489 e. The van der Waals surface area contributed by atoms with Gasteiger partial charge >= 0.3 is 0 Å². The second kappa shape index (κ2) is 10.6. The van der Waals surface area contributed by atoms with E-state index in [1.165, 1.54) is 7.11 Å². The molecule has 0 aliphatic heterocycles. The summed E-state index contributed by atoms with van der Waals surface area (Å²) in [5.41, 5.74) is 3.95. The highest BCUT2D eigenvalue weighted by molar-refractivity contribution is 6.45. The number of likely N-dealkylation sites (N-methyl/N-ethyl adjacent to an activating group) is 1. The van der Waals surface area contributed by atoms with Crippen LogP contribution in [0.5, 0.6) is 5.75 Å². The molecule has 3 rings (SSSR count). The zero-order chi connectivity index (χ0) is 21.2. The maximum Gasteiger partial charge on any atom is 0.273 e. The molecule has 3 aromatic carbocycles. The van der Waals surface area contributed by atoms with Gasteiger partial charge in [0.2, 0.25) is 0 Å². The van der Waals surface area contributed by atoms with Gasteiger partial charge in [0.25, 0.3) is 5.91 Å². The maximum absolute atomic E-state index is 12.2. The molecule has 3 aromatic rings. The van der Waals surface area contributed by atoms with Gasteiger partial charge in [0.05, 0.1) is 0 Å². The summed E-state index contributed by atoms with van der Waals surface area (Å²) < 4.78 is 5.94. The number of amides is 1. The molecule has 0 saturated carbocycles. The monoisotopic (exact) mass is 400 g/mol. The summed E-state index contributed by atoms with van der Waals surface area (Å²) in [6.45, 7) is 0.301. The number of rotatable bonds is 8. The van der Waals surface area contributed by atoms with Crippen LogP contribution in [-0.2, 0) is 16.2 Å². The Bertz CT molecular complexity index is 1030. The van der Waals surface area contributed by atoms with Crippen LogP contribution in [0.3, 0.4) is 0 Å². The molecule has 5 nitrogen and oxygen atoms in total. The Morgan fingerprint density at radius 2 is 1.53 bits per heavy atom. The normalized spacial score (nSPS) is 11.3. The number of hydrogen-bond acceptors (Lipinski definition) is 4. The van der Waals surface area contributed by atoms with Crippen molar-refractivity contribution in [2.75, 3.05) is 14.2 Å². The van der Waals surface area contributed by atoms with Crippen molar-refractivity contribution in [2.24, 2.45) is 5.16 Å². The van der Waals surface area contributed by atoms with Crippen LogP contribution in [0.1, 0.15) is 22.3 Å². The van der Waals surface area contributed by atoms with E-state index in [0.717, 1.165) is 22.4 Å². The molecule has 152 valence electrons. The number of benzene rings is 3. The van der Waals surface area contributed by atoms with Crippen LogP contribution in [0.4, 0.5) is 0 Å². The quantitative estimate of drug-likeness (QED) is 0.343. The van der Waals surface area contributed by atoms with Gasteiger partial charge in [0, 0.05) is 12.6 Å². The number of ether oxygens (including phenoxy) is 1. The number of nitrogens with zero attached hydrogens (tertiary/aromatic N) is 1. The zero-order valence-corrected chi connectivity index (χ0v) is 17.0. The van der Waals surface area contributed by atoms with E-state index in [4.69, 9.17) is 9.57 Å². The van der Waals surface area contributed by atoms with E-state index in [-0.39, 0.29) is 11.6 Å². The van der Waals surface area contributed by atoms with Gasteiger partial charge in [-0.15, -0.1) is 0 Å². The second-order valence-electron chi connectivity index (χ2n) is 6.46. The fraction of sp³-hybridized carbons (Fsp3) is 0.120. The minimum atomic E-state index is -0.321. The van der Waals surface area contributed by atoms with Crippen LogP contribution in [-0.4, -0.2) is 25.8 Å². The summed E-state index contributed by atoms with van der Waals surface area (Å²) in [5, 5.41) is 6.46. The Morgan fingerprint density at radius 3 is 2.20 bits per heavy atom. The third-order valence-corrected chi connectivity index (χ3v) is 4.44. The van der Waals surface area contributed by atoms with E-state index in [2.05, 4.69) is 34.8 Å². The van der Waals surface area contributed by atoms with E-state index >= 15 is 0 Å². The fourth-order valence-corrected chi connectivity index (χ4v) is 2.89. The molecule has 0 aromatic heterocycles. The topological polar surface area (TPSA) is 59.9 Å². The van der Waals surface area contributed by atoms with Crippen molar-refractivity contribution in [2.45, 2.75) is 6.61 Å². The van der Waals surface area contributed by atoms with Gasteiger partial charge in [-0.1, -0.05) is 84.0 Å². The molecule has 0 saturated heterocycles. The SMILES string of the molecule is CNC(=O)/C(=N/OC)c1ccccc1COc1ccc(/C=C\c2ccccc2)cc1. The van der Waals surface area contributed by atoms with Gasteiger partial charge in [-0.05, 0) is 28.8 Å². The van der Waals surface area contributed by atoms with Crippen LogP contribution < -0.4 is 10.1 Å². The number of hydrogen-bond donors (Lipinski definition) is 1. The third kappa shape index (κ3) is 5.58. The summed E-state index contributed by atoms with van der Waals surface area (Å²) in [4.78, 5) is 17.0. The van der Waals surface area contributed by atoms with Crippen LogP contribution in [0.15, 0.2) is 84.0 Å². The van der Waals surface area contributed by atoms with Crippen LogP contribution >= 0.6 is 0 Å². The Labute approximate surface area is 176 Å². The standard InChI is InChI=1S/C25H24N2O3/c1-26-25(28)24(27-29-2)23-11-7-6-10-21(23)18-30-22-16-14-20(15-17-22)13-12-19-8-4-3-5-9-19/h3-17H,18H2,1-2H3,(H,26,28)/b13-12-,27-24+. The maximum atomic E-state index is 12.2. The lowest BCUT2D eigenvalue weighted by molar-refractivity contribution is -0.114. The molecule has 30 heavy (non-hydrogen) atoms. The van der Waals surface area contributed by atoms with Crippen LogP contribution in [0.25, 0.3) is 12.2 Å². The Morgan fingerprint density at radius 1 is 0.900 bits per heavy atom. The molecule has 5 heteroatoms. The van der Waals surface area contributed by atoms with Crippen molar-refractivity contribution in [3.8, 4) is 5.75 Å². The summed E-state index contributed by atoms with van der Waals surface area (Å²) >= 11 is 0. The van der Waals surface area contributed by atoms with Crippen molar-refractivity contribution in [1.29, 1.82) is 0 Å². The summed E-state index contributed by atoms with van der Waals surface area (Å²) in [5.74, 6) is 0.422. The Balaban J connectivity index is 1.70. The third-order valence-electron chi connectivity index (χ3n) is 4.44. The van der Waals surface area contributed by atoms with Gasteiger partial charge in [0.1, 0.15) is 19.5 Å². The average Bonchev–Trinajstić information content (AvgIpc) is 2.81. The predicted molar refractivity (Wildman–Crippen MR) is 120 cm³/mol. The smallest absolute Gasteiger partial charge is 0.273 e. The predicted octanol–water partition coefficient (Wildman–Crippen LogP) is 4.53. The first-order chi connectivity index (χ1) is 14.7. The van der Waals surface area contributed by atoms with Crippen molar-refractivity contribution in [3.05, 3.63) is 101 Å². The Hall–Kier alpha value is -3.86. The zero-order valence-electron chi connectivity index (χ0n) is 17.0. The van der Waals surface area contributed by atoms with Gasteiger partial charge < -0.3 is 14.9 Å². The summed E-state index contributed by atoms with van der Waals surface area (Å²) in [6.07, 6.45) is 4.13. The lowest BCUT2D eigenvalue weighted by atomic mass is 10.0. The molecular weight excluding hydrogens is 376 g/mol. The first-order valence-corrected chi connectivity index (χ1v) is 9.58. The van der Waals surface area contributed by atoms with E-state index in [0.29, 0.717) is 12.2 Å². The first kappa shape index (κ1) is 20.9. The molecule has 0 unspecified atom stereocenters.